The molecule has 0 aromatic heterocycles. The van der Waals surface area contributed by atoms with Crippen LogP contribution >= 0.6 is 23.2 Å². The van der Waals surface area contributed by atoms with E-state index in [1.54, 1.807) is 36.4 Å². The van der Waals surface area contributed by atoms with Gasteiger partial charge in [-0.1, -0.05) is 41.4 Å². The Hall–Kier alpha value is -2.48. The first-order valence-corrected chi connectivity index (χ1v) is 10.2. The van der Waals surface area contributed by atoms with E-state index in [-0.39, 0.29) is 53.6 Å². The molecule has 0 aliphatic heterocycles. The number of ether oxygens (including phenoxy) is 3. The Morgan fingerprint density at radius 1 is 0.966 bits per heavy atom. The highest BCUT2D eigenvalue weighted by molar-refractivity contribution is 7.85. The summed E-state index contributed by atoms with van der Waals surface area (Å²) in [6, 6.07) is 9.52. The predicted octanol–water partition coefficient (Wildman–Crippen LogP) is 4.96. The fraction of sp³-hybridized carbons (Fsp3) is 0.150. The number of hydrogen-bond donors (Lipinski definition) is 1. The molecule has 0 radical (unpaired) electrons. The van der Waals surface area contributed by atoms with E-state index in [4.69, 9.17) is 37.4 Å². The summed E-state index contributed by atoms with van der Waals surface area (Å²) in [4.78, 5) is 12.2. The molecule has 0 saturated heterocycles. The Bertz CT molecular complexity index is 1130. The number of carbonyl (C=O) groups is 1. The molecule has 29 heavy (non-hydrogen) atoms. The van der Waals surface area contributed by atoms with E-state index in [1.165, 1.54) is 21.1 Å². The SMILES string of the molecule is COc1c(OC)c(OC(C)=O)c2c(S(=O)c3c(Cl)cccc3Cl)cccc2c1O. The van der Waals surface area contributed by atoms with Crippen molar-refractivity contribution < 1.29 is 28.3 Å². The molecule has 1 unspecified atom stereocenters. The molecule has 3 aromatic rings. The number of aromatic hydroxyl groups is 1. The first-order chi connectivity index (χ1) is 13.8. The molecule has 1 N–H and O–H groups in total. The molecule has 0 bridgehead atoms. The average molecular weight is 455 g/mol. The third kappa shape index (κ3) is 3.73. The number of rotatable bonds is 5. The topological polar surface area (TPSA) is 82.1 Å². The maximum Gasteiger partial charge on any atom is 0.308 e. The van der Waals surface area contributed by atoms with Crippen LogP contribution in [0, 0.1) is 0 Å². The Kier molecular flexibility index (Phi) is 6.21. The lowest BCUT2D eigenvalue weighted by molar-refractivity contribution is -0.131. The van der Waals surface area contributed by atoms with Crippen molar-refractivity contribution >= 4 is 50.7 Å². The van der Waals surface area contributed by atoms with E-state index in [2.05, 4.69) is 0 Å². The van der Waals surface area contributed by atoms with Gasteiger partial charge in [-0.25, -0.2) is 4.21 Å². The molecule has 0 aliphatic rings. The summed E-state index contributed by atoms with van der Waals surface area (Å²) in [5.41, 5.74) is 0. The van der Waals surface area contributed by atoms with Gasteiger partial charge in [-0.05, 0) is 18.2 Å². The molecular formula is C20H16Cl2O6S. The van der Waals surface area contributed by atoms with Crippen molar-refractivity contribution in [1.29, 1.82) is 0 Å². The fourth-order valence-corrected chi connectivity index (χ4v) is 5.07. The number of phenolic OH excluding ortho intramolecular Hbond substituents is 1. The highest BCUT2D eigenvalue weighted by Gasteiger charge is 2.28. The lowest BCUT2D eigenvalue weighted by atomic mass is 10.1. The van der Waals surface area contributed by atoms with Gasteiger partial charge in [0.1, 0.15) is 0 Å². The van der Waals surface area contributed by atoms with Gasteiger partial charge in [0, 0.05) is 17.7 Å². The normalized spacial score (nSPS) is 11.9. The maximum absolute atomic E-state index is 13.5. The van der Waals surface area contributed by atoms with Crippen molar-refractivity contribution in [3.63, 3.8) is 0 Å². The van der Waals surface area contributed by atoms with E-state index in [1.807, 2.05) is 0 Å². The van der Waals surface area contributed by atoms with Crippen LogP contribution < -0.4 is 14.2 Å². The van der Waals surface area contributed by atoms with E-state index >= 15 is 0 Å². The molecule has 0 aliphatic carbocycles. The second-order valence-electron chi connectivity index (χ2n) is 5.84. The van der Waals surface area contributed by atoms with Crippen LogP contribution in [0.3, 0.4) is 0 Å². The third-order valence-electron chi connectivity index (χ3n) is 4.09. The lowest BCUT2D eigenvalue weighted by Gasteiger charge is -2.19. The zero-order valence-corrected chi connectivity index (χ0v) is 17.9. The summed E-state index contributed by atoms with van der Waals surface area (Å²) in [5, 5.41) is 11.6. The van der Waals surface area contributed by atoms with Crippen molar-refractivity contribution in [2.45, 2.75) is 16.7 Å². The number of hydrogen-bond acceptors (Lipinski definition) is 6. The first kappa shape index (κ1) is 21.2. The van der Waals surface area contributed by atoms with E-state index in [9.17, 15) is 14.1 Å². The molecule has 3 rings (SSSR count). The van der Waals surface area contributed by atoms with E-state index < -0.39 is 16.8 Å². The van der Waals surface area contributed by atoms with Crippen LogP contribution in [0.1, 0.15) is 6.92 Å². The van der Waals surface area contributed by atoms with E-state index in [0.29, 0.717) is 0 Å². The molecule has 1 atom stereocenters. The molecule has 0 amide bonds. The molecule has 0 heterocycles. The smallest absolute Gasteiger partial charge is 0.308 e. The van der Waals surface area contributed by atoms with Crippen LogP contribution in [0.25, 0.3) is 10.8 Å². The van der Waals surface area contributed by atoms with Gasteiger partial charge in [-0.15, -0.1) is 0 Å². The van der Waals surface area contributed by atoms with Gasteiger partial charge in [-0.2, -0.15) is 0 Å². The highest BCUT2D eigenvalue weighted by Crippen LogP contribution is 2.52. The van der Waals surface area contributed by atoms with Gasteiger partial charge >= 0.3 is 5.97 Å². The predicted molar refractivity (Wildman–Crippen MR) is 111 cm³/mol. The number of benzene rings is 3. The molecule has 0 fully saturated rings. The summed E-state index contributed by atoms with van der Waals surface area (Å²) >= 11 is 12.5. The van der Waals surface area contributed by atoms with Crippen LogP contribution in [-0.2, 0) is 15.6 Å². The fourth-order valence-electron chi connectivity index (χ4n) is 2.95. The molecule has 6 nitrogen and oxygen atoms in total. The van der Waals surface area contributed by atoms with Crippen molar-refractivity contribution in [1.82, 2.24) is 0 Å². The molecule has 0 saturated carbocycles. The number of methoxy groups -OCH3 is 2. The number of esters is 1. The summed E-state index contributed by atoms with van der Waals surface area (Å²) < 4.78 is 29.4. The molecule has 9 heteroatoms. The van der Waals surface area contributed by atoms with Gasteiger partial charge in [0.25, 0.3) is 0 Å². The van der Waals surface area contributed by atoms with E-state index in [0.717, 1.165) is 0 Å². The van der Waals surface area contributed by atoms with Crippen molar-refractivity contribution in [2.24, 2.45) is 0 Å². The van der Waals surface area contributed by atoms with Gasteiger partial charge in [0.05, 0.1) is 44.9 Å². The standard InChI is InChI=1S/C20H16Cl2O6S/c1-10(23)28-17-15-11(16(24)18(26-2)19(17)27-3)6-4-9-14(15)29(25)20-12(21)7-5-8-13(20)22/h4-9,24H,1-3H3. The average Bonchev–Trinajstić information content (AvgIpc) is 2.68. The van der Waals surface area contributed by atoms with Gasteiger partial charge in [-0.3, -0.25) is 4.79 Å². The van der Waals surface area contributed by atoms with Crippen LogP contribution in [-0.4, -0.2) is 29.5 Å². The minimum atomic E-state index is -1.86. The summed E-state index contributed by atoms with van der Waals surface area (Å²) in [7, 11) is 0.814. The van der Waals surface area contributed by atoms with Gasteiger partial charge < -0.3 is 19.3 Å². The maximum atomic E-state index is 13.5. The minimum absolute atomic E-state index is 0.0117. The largest absolute Gasteiger partial charge is 0.504 e. The van der Waals surface area contributed by atoms with Crippen molar-refractivity contribution in [3.8, 4) is 23.0 Å². The number of halogens is 2. The lowest BCUT2D eigenvalue weighted by Crippen LogP contribution is -2.07. The summed E-state index contributed by atoms with van der Waals surface area (Å²) in [5.74, 6) is -0.942. The molecule has 3 aromatic carbocycles. The third-order valence-corrected chi connectivity index (χ3v) is 6.50. The number of fused-ring (bicyclic) bond motifs is 1. The second-order valence-corrected chi connectivity index (χ2v) is 8.04. The highest BCUT2D eigenvalue weighted by atomic mass is 35.5. The summed E-state index contributed by atoms with van der Waals surface area (Å²) in [6.07, 6.45) is 0. The molecule has 0 spiro atoms. The molecular weight excluding hydrogens is 439 g/mol. The van der Waals surface area contributed by atoms with Gasteiger partial charge in [0.2, 0.25) is 11.5 Å². The quantitative estimate of drug-likeness (QED) is 0.433. The summed E-state index contributed by atoms with van der Waals surface area (Å²) in [6.45, 7) is 1.22. The Morgan fingerprint density at radius 2 is 1.55 bits per heavy atom. The Balaban J connectivity index is 2.45. The van der Waals surface area contributed by atoms with Crippen LogP contribution in [0.4, 0.5) is 0 Å². The van der Waals surface area contributed by atoms with Crippen LogP contribution in [0.15, 0.2) is 46.2 Å². The monoisotopic (exact) mass is 454 g/mol. The number of carbonyl (C=O) groups excluding carboxylic acids is 1. The van der Waals surface area contributed by atoms with Crippen LogP contribution in [0.2, 0.25) is 10.0 Å². The Morgan fingerprint density at radius 3 is 2.10 bits per heavy atom. The molecule has 152 valence electrons. The zero-order valence-electron chi connectivity index (χ0n) is 15.6. The number of phenols is 1. The van der Waals surface area contributed by atoms with Gasteiger partial charge in [0.15, 0.2) is 11.5 Å². The zero-order chi connectivity index (χ0) is 21.3. The van der Waals surface area contributed by atoms with Crippen molar-refractivity contribution in [3.05, 3.63) is 46.4 Å². The minimum Gasteiger partial charge on any atom is -0.504 e. The first-order valence-electron chi connectivity index (χ1n) is 8.25. The Labute approximate surface area is 179 Å². The second kappa shape index (κ2) is 8.49. The van der Waals surface area contributed by atoms with Crippen LogP contribution in [0.5, 0.6) is 23.0 Å². The van der Waals surface area contributed by atoms with Crippen molar-refractivity contribution in [2.75, 3.05) is 14.2 Å².